The second-order valence-corrected chi connectivity index (χ2v) is 5.35. The van der Waals surface area contributed by atoms with Gasteiger partial charge in [-0.05, 0) is 58.4 Å². The lowest BCUT2D eigenvalue weighted by atomic mass is 10.2. The third kappa shape index (κ3) is 3.02. The minimum Gasteiger partial charge on any atom is -0.507 e. The smallest absolute Gasteiger partial charge is 0.129 e. The van der Waals surface area contributed by atoms with Crippen LogP contribution in [0.15, 0.2) is 56.7 Å². The van der Waals surface area contributed by atoms with Gasteiger partial charge in [0.2, 0.25) is 0 Å². The van der Waals surface area contributed by atoms with E-state index >= 15 is 0 Å². The first-order chi connectivity index (χ1) is 8.19. The number of nitrogens with zero attached hydrogens (tertiary/aromatic N) is 1. The Morgan fingerprint density at radius 3 is 2.29 bits per heavy atom. The Bertz CT molecular complexity index is 575. The molecule has 2 aromatic carbocycles. The summed E-state index contributed by atoms with van der Waals surface area (Å²) in [5, 5.41) is 18.1. The first-order valence-corrected chi connectivity index (χ1v) is 6.46. The van der Waals surface area contributed by atoms with Gasteiger partial charge in [-0.3, -0.25) is 0 Å². The van der Waals surface area contributed by atoms with Crippen molar-refractivity contribution in [2.75, 3.05) is 0 Å². The summed E-state index contributed by atoms with van der Waals surface area (Å²) in [6.07, 6.45) is 0. The molecule has 0 aliphatic rings. The van der Waals surface area contributed by atoms with Crippen LogP contribution in [0.3, 0.4) is 0 Å². The molecule has 1 N–H and O–H groups in total. The maximum Gasteiger partial charge on any atom is 0.129 e. The highest BCUT2D eigenvalue weighted by molar-refractivity contribution is 9.10. The van der Waals surface area contributed by atoms with Crippen molar-refractivity contribution in [1.29, 1.82) is 5.26 Å². The summed E-state index contributed by atoms with van der Waals surface area (Å²) in [4.78, 5) is 2.08. The second kappa shape index (κ2) is 5.26. The zero-order valence-corrected chi connectivity index (χ0v) is 11.1. The molecule has 17 heavy (non-hydrogen) atoms. The van der Waals surface area contributed by atoms with Gasteiger partial charge in [0, 0.05) is 9.79 Å². The van der Waals surface area contributed by atoms with Gasteiger partial charge in [0.1, 0.15) is 5.75 Å². The number of benzene rings is 2. The molecule has 0 unspecified atom stereocenters. The van der Waals surface area contributed by atoms with Crippen molar-refractivity contribution >= 4 is 27.7 Å². The maximum absolute atomic E-state index is 9.39. The van der Waals surface area contributed by atoms with Crippen molar-refractivity contribution in [3.63, 3.8) is 0 Å². The van der Waals surface area contributed by atoms with Crippen molar-refractivity contribution < 1.29 is 5.11 Å². The van der Waals surface area contributed by atoms with E-state index < -0.39 is 0 Å². The summed E-state index contributed by atoms with van der Waals surface area (Å²) in [6, 6.07) is 14.8. The maximum atomic E-state index is 9.39. The van der Waals surface area contributed by atoms with Crippen LogP contribution in [0.2, 0.25) is 0 Å². The standard InChI is InChI=1S/C13H8BrNOS/c14-12-7-11(5-6-13(12)16)17-10-3-1-9(8-15)2-4-10/h1-7,16H. The predicted octanol–water partition coefficient (Wildman–Crippen LogP) is 4.18. The van der Waals surface area contributed by atoms with E-state index in [0.29, 0.717) is 10.0 Å². The highest BCUT2D eigenvalue weighted by atomic mass is 79.9. The highest BCUT2D eigenvalue weighted by Crippen LogP contribution is 2.33. The molecule has 0 aliphatic heterocycles. The summed E-state index contributed by atoms with van der Waals surface area (Å²) >= 11 is 4.85. The Morgan fingerprint density at radius 2 is 1.71 bits per heavy atom. The number of hydrogen-bond donors (Lipinski definition) is 1. The highest BCUT2D eigenvalue weighted by Gasteiger charge is 2.02. The van der Waals surface area contributed by atoms with E-state index in [0.717, 1.165) is 9.79 Å². The van der Waals surface area contributed by atoms with Crippen LogP contribution in [-0.4, -0.2) is 5.11 Å². The van der Waals surface area contributed by atoms with Gasteiger partial charge in [-0.25, -0.2) is 0 Å². The van der Waals surface area contributed by atoms with E-state index in [4.69, 9.17) is 5.26 Å². The molecule has 2 nitrogen and oxygen atoms in total. The SMILES string of the molecule is N#Cc1ccc(Sc2ccc(O)c(Br)c2)cc1. The van der Waals surface area contributed by atoms with Crippen LogP contribution in [0.1, 0.15) is 5.56 Å². The Labute approximate surface area is 112 Å². The van der Waals surface area contributed by atoms with E-state index in [2.05, 4.69) is 22.0 Å². The molecule has 4 heteroatoms. The number of phenolic OH excluding ortho intramolecular Hbond substituents is 1. The molecular weight excluding hydrogens is 298 g/mol. The number of phenols is 1. The van der Waals surface area contributed by atoms with Gasteiger partial charge >= 0.3 is 0 Å². The molecular formula is C13H8BrNOS. The number of halogens is 1. The van der Waals surface area contributed by atoms with Crippen molar-refractivity contribution in [3.8, 4) is 11.8 Å². The molecule has 0 saturated carbocycles. The van der Waals surface area contributed by atoms with E-state index in [1.165, 1.54) is 0 Å². The fraction of sp³-hybridized carbons (Fsp3) is 0. The average Bonchev–Trinajstić information content (AvgIpc) is 2.35. The minimum absolute atomic E-state index is 0.231. The van der Waals surface area contributed by atoms with Gasteiger partial charge in [-0.1, -0.05) is 11.8 Å². The molecule has 0 fully saturated rings. The third-order valence-corrected chi connectivity index (χ3v) is 3.77. The molecule has 0 heterocycles. The van der Waals surface area contributed by atoms with Crippen molar-refractivity contribution in [2.24, 2.45) is 0 Å². The van der Waals surface area contributed by atoms with Crippen LogP contribution in [0.25, 0.3) is 0 Å². The molecule has 2 rings (SSSR count). The number of aromatic hydroxyl groups is 1. The van der Waals surface area contributed by atoms with Crippen LogP contribution >= 0.6 is 27.7 Å². The molecule has 0 aromatic heterocycles. The zero-order valence-electron chi connectivity index (χ0n) is 8.72. The van der Waals surface area contributed by atoms with Crippen molar-refractivity contribution in [2.45, 2.75) is 9.79 Å². The van der Waals surface area contributed by atoms with Gasteiger partial charge in [-0.2, -0.15) is 5.26 Å². The first kappa shape index (κ1) is 12.0. The topological polar surface area (TPSA) is 44.0 Å². The second-order valence-electron chi connectivity index (χ2n) is 3.35. The van der Waals surface area contributed by atoms with E-state index in [9.17, 15) is 5.11 Å². The van der Waals surface area contributed by atoms with Crippen LogP contribution < -0.4 is 0 Å². The van der Waals surface area contributed by atoms with Gasteiger partial charge in [0.15, 0.2) is 0 Å². The largest absolute Gasteiger partial charge is 0.507 e. The molecule has 0 amide bonds. The lowest BCUT2D eigenvalue weighted by Crippen LogP contribution is -1.77. The molecule has 0 spiro atoms. The summed E-state index contributed by atoms with van der Waals surface area (Å²) < 4.78 is 0.677. The first-order valence-electron chi connectivity index (χ1n) is 4.85. The average molecular weight is 306 g/mol. The lowest BCUT2D eigenvalue weighted by Gasteiger charge is -2.03. The van der Waals surface area contributed by atoms with Crippen LogP contribution in [-0.2, 0) is 0 Å². The van der Waals surface area contributed by atoms with Gasteiger partial charge < -0.3 is 5.11 Å². The van der Waals surface area contributed by atoms with E-state index in [-0.39, 0.29) is 5.75 Å². The van der Waals surface area contributed by atoms with Crippen LogP contribution in [0.4, 0.5) is 0 Å². The monoisotopic (exact) mass is 305 g/mol. The summed E-state index contributed by atoms with van der Waals surface area (Å²) in [6.45, 7) is 0. The number of hydrogen-bond acceptors (Lipinski definition) is 3. The summed E-state index contributed by atoms with van der Waals surface area (Å²) in [5.41, 5.74) is 0.654. The van der Waals surface area contributed by atoms with Crippen LogP contribution in [0.5, 0.6) is 5.75 Å². The summed E-state index contributed by atoms with van der Waals surface area (Å²) in [7, 11) is 0. The number of nitriles is 1. The molecule has 84 valence electrons. The molecule has 0 saturated heterocycles. The van der Waals surface area contributed by atoms with Gasteiger partial charge in [-0.15, -0.1) is 0 Å². The molecule has 0 aliphatic carbocycles. The van der Waals surface area contributed by atoms with E-state index in [1.807, 2.05) is 24.3 Å². The van der Waals surface area contributed by atoms with Crippen molar-refractivity contribution in [1.82, 2.24) is 0 Å². The molecule has 0 radical (unpaired) electrons. The van der Waals surface area contributed by atoms with E-state index in [1.54, 1.807) is 30.0 Å². The fourth-order valence-electron chi connectivity index (χ4n) is 1.28. The zero-order chi connectivity index (χ0) is 12.3. The lowest BCUT2D eigenvalue weighted by molar-refractivity contribution is 0.471. The predicted molar refractivity (Wildman–Crippen MR) is 71.1 cm³/mol. The van der Waals surface area contributed by atoms with Crippen LogP contribution in [0, 0.1) is 11.3 Å². The van der Waals surface area contributed by atoms with Gasteiger partial charge in [0.25, 0.3) is 0 Å². The Hall–Kier alpha value is -1.44. The molecule has 0 bridgehead atoms. The van der Waals surface area contributed by atoms with Gasteiger partial charge in [0.05, 0.1) is 16.1 Å². The minimum atomic E-state index is 0.231. The quantitative estimate of drug-likeness (QED) is 0.905. The normalized spacial score (nSPS) is 9.88. The Morgan fingerprint density at radius 1 is 1.06 bits per heavy atom. The van der Waals surface area contributed by atoms with Crippen molar-refractivity contribution in [3.05, 3.63) is 52.5 Å². The number of rotatable bonds is 2. The third-order valence-electron chi connectivity index (χ3n) is 2.14. The molecule has 0 atom stereocenters. The summed E-state index contributed by atoms with van der Waals surface area (Å²) in [5.74, 6) is 0.231. The molecule has 2 aromatic rings. The Kier molecular flexibility index (Phi) is 3.72. The fourth-order valence-corrected chi connectivity index (χ4v) is 2.67. The Balaban J connectivity index is 2.20.